The van der Waals surface area contributed by atoms with Crippen molar-refractivity contribution in [1.29, 1.82) is 0 Å². The van der Waals surface area contributed by atoms with E-state index in [1.165, 1.54) is 0 Å². The van der Waals surface area contributed by atoms with Crippen LogP contribution in [0.1, 0.15) is 17.2 Å². The molecule has 1 aromatic heterocycles. The third-order valence-electron chi connectivity index (χ3n) is 2.94. The average molecular weight is 228 g/mol. The molecule has 5 nitrogen and oxygen atoms in total. The van der Waals surface area contributed by atoms with Crippen LogP contribution in [0.2, 0.25) is 0 Å². The van der Waals surface area contributed by atoms with E-state index >= 15 is 0 Å². The van der Waals surface area contributed by atoms with Crippen LogP contribution < -0.4 is 10.6 Å². The van der Waals surface area contributed by atoms with Gasteiger partial charge in [0.2, 0.25) is 0 Å². The Morgan fingerprint density at radius 2 is 2.29 bits per heavy atom. The van der Waals surface area contributed by atoms with Crippen LogP contribution in [0.3, 0.4) is 0 Å². The molecule has 0 radical (unpaired) electrons. The van der Waals surface area contributed by atoms with Gasteiger partial charge in [-0.2, -0.15) is 5.10 Å². The second-order valence-electron chi connectivity index (χ2n) is 4.09. The lowest BCUT2D eigenvalue weighted by molar-refractivity contribution is -0.116. The summed E-state index contributed by atoms with van der Waals surface area (Å²) in [6.07, 6.45) is 3.38. The van der Waals surface area contributed by atoms with E-state index in [0.717, 1.165) is 22.5 Å². The number of para-hydroxylation sites is 1. The third-order valence-corrected chi connectivity index (χ3v) is 2.94. The van der Waals surface area contributed by atoms with Gasteiger partial charge in [0, 0.05) is 17.4 Å². The molecule has 0 bridgehead atoms. The molecule has 0 saturated heterocycles. The number of benzene rings is 1. The zero-order valence-electron chi connectivity index (χ0n) is 9.32. The Labute approximate surface area is 98.2 Å². The van der Waals surface area contributed by atoms with Gasteiger partial charge in [0.1, 0.15) is 6.04 Å². The monoisotopic (exact) mass is 228 g/mol. The normalized spacial score (nSPS) is 17.7. The molecule has 5 heteroatoms. The van der Waals surface area contributed by atoms with Gasteiger partial charge in [-0.15, -0.1) is 0 Å². The lowest BCUT2D eigenvalue weighted by Crippen LogP contribution is -2.19. The molecule has 0 saturated carbocycles. The van der Waals surface area contributed by atoms with E-state index in [-0.39, 0.29) is 11.9 Å². The second-order valence-corrected chi connectivity index (χ2v) is 4.09. The Balaban J connectivity index is 1.97. The second kappa shape index (κ2) is 3.62. The topological polar surface area (TPSA) is 69.8 Å². The zero-order chi connectivity index (χ0) is 11.8. The van der Waals surface area contributed by atoms with Gasteiger partial charge in [0.15, 0.2) is 0 Å². The minimum Gasteiger partial charge on any atom is -0.367 e. The number of nitrogens with one attached hydrogen (secondary N) is 3. The lowest BCUT2D eigenvalue weighted by Gasteiger charge is -2.10. The lowest BCUT2D eigenvalue weighted by atomic mass is 10.1. The van der Waals surface area contributed by atoms with Gasteiger partial charge in [-0.25, -0.2) is 0 Å². The molecule has 0 aliphatic carbocycles. The highest BCUT2D eigenvalue weighted by atomic mass is 16.2. The van der Waals surface area contributed by atoms with Gasteiger partial charge < -0.3 is 10.6 Å². The molecule has 1 aliphatic rings. The summed E-state index contributed by atoms with van der Waals surface area (Å²) in [5.74, 6) is -0.0319. The molecule has 3 N–H and O–H groups in total. The molecule has 3 rings (SSSR count). The number of aryl methyl sites for hydroxylation is 1. The Morgan fingerprint density at radius 1 is 1.41 bits per heavy atom. The van der Waals surface area contributed by atoms with Gasteiger partial charge in [-0.05, 0) is 12.5 Å². The van der Waals surface area contributed by atoms with Crippen molar-refractivity contribution in [3.8, 4) is 0 Å². The van der Waals surface area contributed by atoms with Crippen LogP contribution in [0.25, 0.3) is 0 Å². The largest absolute Gasteiger partial charge is 0.367 e. The highest BCUT2D eigenvalue weighted by Crippen LogP contribution is 2.35. The van der Waals surface area contributed by atoms with E-state index < -0.39 is 0 Å². The summed E-state index contributed by atoms with van der Waals surface area (Å²) < 4.78 is 0. The number of H-pyrrole nitrogens is 1. The summed E-state index contributed by atoms with van der Waals surface area (Å²) in [6.45, 7) is 1.99. The zero-order valence-corrected chi connectivity index (χ0v) is 9.32. The van der Waals surface area contributed by atoms with Crippen molar-refractivity contribution in [2.75, 3.05) is 10.6 Å². The number of aromatic amines is 1. The summed E-state index contributed by atoms with van der Waals surface area (Å²) in [7, 11) is 0. The SMILES string of the molecule is Cc1cccc2c1NC(=O)C2Nc1cn[nH]c1. The molecule has 0 spiro atoms. The molecule has 2 aromatic rings. The van der Waals surface area contributed by atoms with Crippen molar-refractivity contribution in [3.63, 3.8) is 0 Å². The molecule has 1 aromatic carbocycles. The molecule has 86 valence electrons. The maximum Gasteiger partial charge on any atom is 0.251 e. The van der Waals surface area contributed by atoms with Gasteiger partial charge in [0.05, 0.1) is 11.9 Å². The van der Waals surface area contributed by atoms with Crippen molar-refractivity contribution in [2.45, 2.75) is 13.0 Å². The minimum atomic E-state index is -0.345. The van der Waals surface area contributed by atoms with E-state index in [9.17, 15) is 4.79 Å². The Kier molecular flexibility index (Phi) is 2.11. The number of carbonyl (C=O) groups excluding carboxylic acids is 1. The van der Waals surface area contributed by atoms with Gasteiger partial charge in [-0.3, -0.25) is 9.89 Å². The molecule has 1 atom stereocenters. The first-order valence-corrected chi connectivity index (χ1v) is 5.41. The highest BCUT2D eigenvalue weighted by Gasteiger charge is 2.31. The van der Waals surface area contributed by atoms with E-state index in [2.05, 4.69) is 20.8 Å². The number of anilines is 2. The van der Waals surface area contributed by atoms with E-state index in [0.29, 0.717) is 0 Å². The third kappa shape index (κ3) is 1.56. The number of fused-ring (bicyclic) bond motifs is 1. The fourth-order valence-electron chi connectivity index (χ4n) is 2.08. The quantitative estimate of drug-likeness (QED) is 0.734. The summed E-state index contributed by atoms with van der Waals surface area (Å²) >= 11 is 0. The van der Waals surface area contributed by atoms with Crippen molar-refractivity contribution < 1.29 is 4.79 Å². The maximum absolute atomic E-state index is 11.9. The van der Waals surface area contributed by atoms with Crippen molar-refractivity contribution >= 4 is 17.3 Å². The van der Waals surface area contributed by atoms with E-state index in [1.807, 2.05) is 25.1 Å². The summed E-state index contributed by atoms with van der Waals surface area (Å²) in [5, 5.41) is 12.6. The summed E-state index contributed by atoms with van der Waals surface area (Å²) in [5.41, 5.74) is 3.78. The summed E-state index contributed by atoms with van der Waals surface area (Å²) in [6, 6.07) is 5.55. The Bertz CT molecular complexity index is 562. The number of carbonyl (C=O) groups is 1. The fraction of sp³-hybridized carbons (Fsp3) is 0.167. The number of rotatable bonds is 2. The molecule has 1 unspecified atom stereocenters. The predicted molar refractivity (Wildman–Crippen MR) is 64.8 cm³/mol. The average Bonchev–Trinajstić information content (AvgIpc) is 2.91. The summed E-state index contributed by atoms with van der Waals surface area (Å²) in [4.78, 5) is 11.9. The van der Waals surface area contributed by atoms with Crippen LogP contribution in [0.4, 0.5) is 11.4 Å². The van der Waals surface area contributed by atoms with E-state index in [4.69, 9.17) is 0 Å². The number of hydrogen-bond acceptors (Lipinski definition) is 3. The number of hydrogen-bond donors (Lipinski definition) is 3. The molecular formula is C12H12N4O. The van der Waals surface area contributed by atoms with Crippen LogP contribution >= 0.6 is 0 Å². The van der Waals surface area contributed by atoms with Gasteiger partial charge in [0.25, 0.3) is 5.91 Å². The maximum atomic E-state index is 11.9. The van der Waals surface area contributed by atoms with Crippen LogP contribution in [0.15, 0.2) is 30.6 Å². The Hall–Kier alpha value is -2.30. The first-order valence-electron chi connectivity index (χ1n) is 5.41. The number of amides is 1. The van der Waals surface area contributed by atoms with Gasteiger partial charge in [-0.1, -0.05) is 18.2 Å². The molecule has 1 amide bonds. The first kappa shape index (κ1) is 9.89. The van der Waals surface area contributed by atoms with Crippen molar-refractivity contribution in [2.24, 2.45) is 0 Å². The number of aromatic nitrogens is 2. The predicted octanol–water partition coefficient (Wildman–Crippen LogP) is 1.82. The van der Waals surface area contributed by atoms with Crippen LogP contribution in [-0.4, -0.2) is 16.1 Å². The van der Waals surface area contributed by atoms with Gasteiger partial charge >= 0.3 is 0 Å². The highest BCUT2D eigenvalue weighted by molar-refractivity contribution is 6.04. The fourth-order valence-corrected chi connectivity index (χ4v) is 2.08. The molecule has 2 heterocycles. The standard InChI is InChI=1S/C12H12N4O/c1-7-3-2-4-9-10(7)16-12(17)11(9)15-8-5-13-14-6-8/h2-6,11,15H,1H3,(H,13,14)(H,16,17). The molecular weight excluding hydrogens is 216 g/mol. The molecule has 0 fully saturated rings. The van der Waals surface area contributed by atoms with Crippen molar-refractivity contribution in [1.82, 2.24) is 10.2 Å². The molecule has 1 aliphatic heterocycles. The number of nitrogens with zero attached hydrogens (tertiary/aromatic N) is 1. The molecule has 17 heavy (non-hydrogen) atoms. The smallest absolute Gasteiger partial charge is 0.251 e. The van der Waals surface area contributed by atoms with Crippen molar-refractivity contribution in [3.05, 3.63) is 41.7 Å². The van der Waals surface area contributed by atoms with Crippen LogP contribution in [0.5, 0.6) is 0 Å². The first-order chi connectivity index (χ1) is 8.25. The van der Waals surface area contributed by atoms with Crippen LogP contribution in [0, 0.1) is 6.92 Å². The van der Waals surface area contributed by atoms with Crippen LogP contribution in [-0.2, 0) is 4.79 Å². The minimum absolute atomic E-state index is 0.0319. The van der Waals surface area contributed by atoms with E-state index in [1.54, 1.807) is 12.4 Å². The Morgan fingerprint density at radius 3 is 3.06 bits per heavy atom.